The summed E-state index contributed by atoms with van der Waals surface area (Å²) < 4.78 is 44.8. The Labute approximate surface area is 85.0 Å². The van der Waals surface area contributed by atoms with Crippen molar-refractivity contribution in [2.24, 2.45) is 0 Å². The Morgan fingerprint density at radius 3 is 1.33 bits per heavy atom. The first kappa shape index (κ1) is 12.6. The minimum Gasteiger partial charge on any atom is -0.213 e. The van der Waals surface area contributed by atoms with E-state index >= 15 is 0 Å². The fraction of sp³-hybridized carbons (Fsp3) is 0.500. The zero-order valence-electron chi connectivity index (χ0n) is 5.02. The Bertz CT molecular complexity index is 202. The lowest BCUT2D eigenvalue weighted by molar-refractivity contribution is 0.247. The van der Waals surface area contributed by atoms with E-state index in [2.05, 4.69) is 11.6 Å². The standard InChI is InChI=1S/C4Cl4F4/c5-3(12,4(6,7)8)1(9)2(10)11. The van der Waals surface area contributed by atoms with E-state index in [4.69, 9.17) is 34.8 Å². The average Bonchev–Trinajstić information content (AvgIpc) is 1.83. The zero-order valence-corrected chi connectivity index (χ0v) is 8.05. The molecule has 0 nitrogen and oxygen atoms in total. The minimum atomic E-state index is -3.85. The van der Waals surface area contributed by atoms with Crippen molar-refractivity contribution < 1.29 is 17.6 Å². The van der Waals surface area contributed by atoms with Crippen molar-refractivity contribution in [3.8, 4) is 0 Å². The van der Waals surface area contributed by atoms with Gasteiger partial charge in [0.05, 0.1) is 0 Å². The fourth-order valence-corrected chi connectivity index (χ4v) is 0.563. The highest BCUT2D eigenvalue weighted by atomic mass is 35.6. The van der Waals surface area contributed by atoms with E-state index in [0.29, 0.717) is 0 Å². The van der Waals surface area contributed by atoms with Crippen LogP contribution in [0.5, 0.6) is 0 Å². The van der Waals surface area contributed by atoms with E-state index in [1.165, 1.54) is 0 Å². The summed E-state index contributed by atoms with van der Waals surface area (Å²) in [6, 6.07) is 0. The van der Waals surface area contributed by atoms with Crippen LogP contribution in [0.4, 0.5) is 17.6 Å². The highest BCUT2D eigenvalue weighted by molar-refractivity contribution is 6.71. The molecule has 0 radical (unpaired) electrons. The molecule has 0 aromatic rings. The lowest BCUT2D eigenvalue weighted by Crippen LogP contribution is -2.33. The van der Waals surface area contributed by atoms with Gasteiger partial charge in [-0.3, -0.25) is 0 Å². The summed E-state index contributed by atoms with van der Waals surface area (Å²) in [6.07, 6.45) is -2.97. The second kappa shape index (κ2) is 3.78. The number of hydrogen-bond acceptors (Lipinski definition) is 0. The van der Waals surface area contributed by atoms with Crippen LogP contribution in [0.2, 0.25) is 0 Å². The quantitative estimate of drug-likeness (QED) is 0.489. The summed E-state index contributed by atoms with van der Waals surface area (Å²) in [5, 5.41) is -3.85. The highest BCUT2D eigenvalue weighted by Gasteiger charge is 2.54. The Morgan fingerprint density at radius 2 is 1.25 bits per heavy atom. The third kappa shape index (κ3) is 2.55. The van der Waals surface area contributed by atoms with Crippen LogP contribution < -0.4 is 0 Å². The summed E-state index contributed by atoms with van der Waals surface area (Å²) >= 11 is 18.9. The maximum absolute atomic E-state index is 12.7. The van der Waals surface area contributed by atoms with Crippen LogP contribution in [-0.2, 0) is 0 Å². The largest absolute Gasteiger partial charge is 0.306 e. The monoisotopic (exact) mass is 264 g/mol. The highest BCUT2D eigenvalue weighted by Crippen LogP contribution is 2.49. The molecule has 1 unspecified atom stereocenters. The van der Waals surface area contributed by atoms with Gasteiger partial charge >= 0.3 is 6.08 Å². The Hall–Kier alpha value is 0.620. The van der Waals surface area contributed by atoms with E-state index in [-0.39, 0.29) is 0 Å². The Morgan fingerprint density at radius 1 is 0.917 bits per heavy atom. The van der Waals surface area contributed by atoms with Crippen molar-refractivity contribution >= 4 is 46.4 Å². The Balaban J connectivity index is 5.01. The van der Waals surface area contributed by atoms with Crippen LogP contribution in [-0.4, -0.2) is 8.92 Å². The molecule has 0 heterocycles. The van der Waals surface area contributed by atoms with Gasteiger partial charge in [-0.1, -0.05) is 46.4 Å². The molecule has 0 amide bonds. The lowest BCUT2D eigenvalue weighted by atomic mass is 10.4. The number of hydrogen-bond donors (Lipinski definition) is 0. The first-order valence-electron chi connectivity index (χ1n) is 2.26. The van der Waals surface area contributed by atoms with Gasteiger partial charge in [0.15, 0.2) is 0 Å². The molecule has 0 spiro atoms. The predicted octanol–water partition coefficient (Wildman–Crippen LogP) is 4.34. The summed E-state index contributed by atoms with van der Waals surface area (Å²) in [7, 11) is 0. The molecular formula is C4Cl4F4. The number of allylic oxidation sites excluding steroid dienone is 1. The van der Waals surface area contributed by atoms with Crippen molar-refractivity contribution in [1.29, 1.82) is 0 Å². The molecule has 0 aromatic carbocycles. The van der Waals surface area contributed by atoms with Crippen molar-refractivity contribution in [2.75, 3.05) is 0 Å². The van der Waals surface area contributed by atoms with Crippen LogP contribution >= 0.6 is 46.4 Å². The topological polar surface area (TPSA) is 0 Å². The van der Waals surface area contributed by atoms with Crippen molar-refractivity contribution in [3.05, 3.63) is 11.9 Å². The molecule has 0 aromatic heterocycles. The maximum atomic E-state index is 12.7. The molecule has 0 bridgehead atoms. The van der Waals surface area contributed by atoms with Gasteiger partial charge in [0.1, 0.15) is 0 Å². The number of halogens is 8. The van der Waals surface area contributed by atoms with Gasteiger partial charge in [0.2, 0.25) is 9.62 Å². The van der Waals surface area contributed by atoms with Gasteiger partial charge in [0.25, 0.3) is 5.13 Å². The van der Waals surface area contributed by atoms with E-state index < -0.39 is 20.8 Å². The van der Waals surface area contributed by atoms with Gasteiger partial charge in [-0.15, -0.1) is 0 Å². The zero-order chi connectivity index (χ0) is 10.2. The molecule has 12 heavy (non-hydrogen) atoms. The molecular weight excluding hydrogens is 266 g/mol. The molecule has 0 N–H and O–H groups in total. The van der Waals surface area contributed by atoms with E-state index in [0.717, 1.165) is 0 Å². The number of rotatable bonds is 1. The van der Waals surface area contributed by atoms with Crippen molar-refractivity contribution in [3.63, 3.8) is 0 Å². The third-order valence-corrected chi connectivity index (χ3v) is 2.32. The second-order valence-corrected chi connectivity index (χ2v) is 4.45. The van der Waals surface area contributed by atoms with Crippen LogP contribution in [0.25, 0.3) is 0 Å². The average molecular weight is 266 g/mol. The lowest BCUT2D eigenvalue weighted by Gasteiger charge is -2.22. The minimum absolute atomic E-state index is 2.61. The summed E-state index contributed by atoms with van der Waals surface area (Å²) in [4.78, 5) is 0. The maximum Gasteiger partial charge on any atom is 0.306 e. The smallest absolute Gasteiger partial charge is 0.213 e. The third-order valence-electron chi connectivity index (χ3n) is 0.798. The molecule has 0 rings (SSSR count). The normalized spacial score (nSPS) is 17.0. The summed E-state index contributed by atoms with van der Waals surface area (Å²) in [5.74, 6) is -2.61. The van der Waals surface area contributed by atoms with Crippen LogP contribution in [0, 0.1) is 0 Å². The van der Waals surface area contributed by atoms with Crippen molar-refractivity contribution in [1.82, 2.24) is 0 Å². The molecule has 1 atom stereocenters. The first-order chi connectivity index (χ1) is 5.10. The van der Waals surface area contributed by atoms with Gasteiger partial charge in [-0.05, 0) is 0 Å². The van der Waals surface area contributed by atoms with Crippen molar-refractivity contribution in [2.45, 2.75) is 8.92 Å². The molecule has 0 aliphatic carbocycles. The van der Waals surface area contributed by atoms with E-state index in [9.17, 15) is 17.6 Å². The molecule has 72 valence electrons. The van der Waals surface area contributed by atoms with E-state index in [1.54, 1.807) is 0 Å². The molecule has 0 saturated heterocycles. The fourth-order valence-electron chi connectivity index (χ4n) is 0.243. The SMILES string of the molecule is FC(F)=C(F)C(F)(Cl)C(Cl)(Cl)Cl. The van der Waals surface area contributed by atoms with Gasteiger partial charge in [0, 0.05) is 0 Å². The van der Waals surface area contributed by atoms with E-state index in [1.807, 2.05) is 0 Å². The molecule has 0 saturated carbocycles. The number of alkyl halides is 5. The van der Waals surface area contributed by atoms with Crippen LogP contribution in [0.15, 0.2) is 11.9 Å². The van der Waals surface area contributed by atoms with Crippen LogP contribution in [0.1, 0.15) is 0 Å². The first-order valence-corrected chi connectivity index (χ1v) is 3.77. The summed E-state index contributed by atoms with van der Waals surface area (Å²) in [6.45, 7) is 0. The molecule has 0 aliphatic rings. The van der Waals surface area contributed by atoms with Gasteiger partial charge in [-0.2, -0.15) is 8.78 Å². The molecule has 8 heteroatoms. The summed E-state index contributed by atoms with van der Waals surface area (Å²) in [5.41, 5.74) is 0. The Kier molecular flexibility index (Phi) is 3.98. The van der Waals surface area contributed by atoms with Crippen LogP contribution in [0.3, 0.4) is 0 Å². The molecule has 0 aliphatic heterocycles. The van der Waals surface area contributed by atoms with Gasteiger partial charge < -0.3 is 0 Å². The van der Waals surface area contributed by atoms with Gasteiger partial charge in [-0.25, -0.2) is 8.78 Å². The second-order valence-electron chi connectivity index (χ2n) is 1.65. The molecule has 0 fully saturated rings. The predicted molar refractivity (Wildman–Crippen MR) is 40.3 cm³/mol.